The number of carbonyl (C=O) groups is 1. The number of rotatable bonds is 4. The van der Waals surface area contributed by atoms with Gasteiger partial charge in [0, 0.05) is 17.1 Å². The fraction of sp³-hybridized carbons (Fsp3) is 0.133. The lowest BCUT2D eigenvalue weighted by Crippen LogP contribution is -2.27. The Kier molecular flexibility index (Phi) is 5.03. The quantitative estimate of drug-likeness (QED) is 0.883. The lowest BCUT2D eigenvalue weighted by molar-refractivity contribution is -0.117. The lowest BCUT2D eigenvalue weighted by atomic mass is 9.98. The molecule has 110 valence electrons. The van der Waals surface area contributed by atoms with Crippen molar-refractivity contribution in [2.24, 2.45) is 5.73 Å². The van der Waals surface area contributed by atoms with E-state index < -0.39 is 23.5 Å². The lowest BCUT2D eigenvalue weighted by Gasteiger charge is -2.16. The summed E-state index contributed by atoms with van der Waals surface area (Å²) in [5.74, 6) is -2.63. The van der Waals surface area contributed by atoms with Gasteiger partial charge in [0.05, 0.1) is 11.6 Å². The zero-order valence-electron chi connectivity index (χ0n) is 10.9. The standard InChI is InChI=1S/C15H13BrF2N2O/c16-12-6-10(17)7-13(18)14(12)20-15(21)11(8-19)9-4-2-1-3-5-9/h1-7,11H,8,19H2,(H,20,21). The molecule has 6 heteroatoms. The maximum Gasteiger partial charge on any atom is 0.233 e. The highest BCUT2D eigenvalue weighted by molar-refractivity contribution is 9.10. The summed E-state index contributed by atoms with van der Waals surface area (Å²) in [6.45, 7) is 0.0796. The molecule has 0 fully saturated rings. The summed E-state index contributed by atoms with van der Waals surface area (Å²) in [7, 11) is 0. The number of nitrogens with one attached hydrogen (secondary N) is 1. The van der Waals surface area contributed by atoms with Gasteiger partial charge in [0.25, 0.3) is 0 Å². The van der Waals surface area contributed by atoms with Crippen LogP contribution in [0.25, 0.3) is 0 Å². The van der Waals surface area contributed by atoms with Gasteiger partial charge in [-0.15, -0.1) is 0 Å². The zero-order chi connectivity index (χ0) is 15.4. The van der Waals surface area contributed by atoms with E-state index in [0.29, 0.717) is 6.07 Å². The molecule has 0 bridgehead atoms. The van der Waals surface area contributed by atoms with Gasteiger partial charge in [0.2, 0.25) is 5.91 Å². The number of halogens is 3. The summed E-state index contributed by atoms with van der Waals surface area (Å²) in [6.07, 6.45) is 0. The Balaban J connectivity index is 2.25. The van der Waals surface area contributed by atoms with Crippen LogP contribution in [-0.2, 0) is 4.79 Å². The van der Waals surface area contributed by atoms with E-state index in [1.165, 1.54) is 0 Å². The van der Waals surface area contributed by atoms with Crippen LogP contribution in [0.15, 0.2) is 46.9 Å². The number of carbonyl (C=O) groups excluding carboxylic acids is 1. The molecule has 0 aliphatic carbocycles. The first kappa shape index (κ1) is 15.6. The van der Waals surface area contributed by atoms with Gasteiger partial charge in [-0.1, -0.05) is 30.3 Å². The number of amides is 1. The van der Waals surface area contributed by atoms with E-state index in [0.717, 1.165) is 11.6 Å². The van der Waals surface area contributed by atoms with Gasteiger partial charge < -0.3 is 11.1 Å². The highest BCUT2D eigenvalue weighted by Crippen LogP contribution is 2.28. The van der Waals surface area contributed by atoms with Crippen molar-refractivity contribution in [3.05, 3.63) is 64.1 Å². The molecule has 3 N–H and O–H groups in total. The van der Waals surface area contributed by atoms with Crippen LogP contribution in [-0.4, -0.2) is 12.5 Å². The van der Waals surface area contributed by atoms with Gasteiger partial charge in [0.15, 0.2) is 5.82 Å². The molecule has 1 unspecified atom stereocenters. The van der Waals surface area contributed by atoms with Gasteiger partial charge >= 0.3 is 0 Å². The van der Waals surface area contributed by atoms with E-state index in [1.807, 2.05) is 6.07 Å². The molecule has 1 atom stereocenters. The van der Waals surface area contributed by atoms with Crippen LogP contribution < -0.4 is 11.1 Å². The number of anilines is 1. The van der Waals surface area contributed by atoms with Crippen molar-refractivity contribution in [2.75, 3.05) is 11.9 Å². The molecule has 0 saturated carbocycles. The van der Waals surface area contributed by atoms with Crippen molar-refractivity contribution in [3.63, 3.8) is 0 Å². The fourth-order valence-corrected chi connectivity index (χ4v) is 2.46. The summed E-state index contributed by atoms with van der Waals surface area (Å²) in [6, 6.07) is 10.7. The van der Waals surface area contributed by atoms with Crippen LogP contribution in [0.2, 0.25) is 0 Å². The van der Waals surface area contributed by atoms with E-state index in [1.54, 1.807) is 24.3 Å². The fourth-order valence-electron chi connectivity index (χ4n) is 1.95. The highest BCUT2D eigenvalue weighted by Gasteiger charge is 2.21. The normalized spacial score (nSPS) is 12.0. The minimum atomic E-state index is -0.848. The third-order valence-corrected chi connectivity index (χ3v) is 3.63. The second-order valence-electron chi connectivity index (χ2n) is 4.43. The van der Waals surface area contributed by atoms with Crippen LogP contribution in [0, 0.1) is 11.6 Å². The Hall–Kier alpha value is -1.79. The third-order valence-electron chi connectivity index (χ3n) is 3.01. The molecule has 2 aromatic carbocycles. The molecule has 0 aliphatic rings. The molecule has 21 heavy (non-hydrogen) atoms. The van der Waals surface area contributed by atoms with Crippen LogP contribution in [0.4, 0.5) is 14.5 Å². The molecule has 0 heterocycles. The summed E-state index contributed by atoms with van der Waals surface area (Å²) < 4.78 is 26.9. The number of hydrogen-bond acceptors (Lipinski definition) is 2. The van der Waals surface area contributed by atoms with Crippen LogP contribution in [0.5, 0.6) is 0 Å². The summed E-state index contributed by atoms with van der Waals surface area (Å²) in [5.41, 5.74) is 6.26. The molecule has 0 spiro atoms. The first-order valence-electron chi connectivity index (χ1n) is 6.23. The van der Waals surface area contributed by atoms with Gasteiger partial charge in [-0.3, -0.25) is 4.79 Å². The average Bonchev–Trinajstić information content (AvgIpc) is 2.45. The van der Waals surface area contributed by atoms with Crippen molar-refractivity contribution in [2.45, 2.75) is 5.92 Å². The Morgan fingerprint density at radius 1 is 1.24 bits per heavy atom. The minimum absolute atomic E-state index is 0.0796. The smallest absolute Gasteiger partial charge is 0.233 e. The van der Waals surface area contributed by atoms with Crippen LogP contribution in [0.3, 0.4) is 0 Å². The Labute approximate surface area is 129 Å². The number of hydrogen-bond donors (Lipinski definition) is 2. The van der Waals surface area contributed by atoms with E-state index in [4.69, 9.17) is 5.73 Å². The topological polar surface area (TPSA) is 55.1 Å². The largest absolute Gasteiger partial charge is 0.329 e. The predicted molar refractivity (Wildman–Crippen MR) is 80.9 cm³/mol. The Bertz CT molecular complexity index is 626. The minimum Gasteiger partial charge on any atom is -0.329 e. The van der Waals surface area contributed by atoms with E-state index >= 15 is 0 Å². The zero-order valence-corrected chi connectivity index (χ0v) is 12.5. The molecule has 2 rings (SSSR count). The van der Waals surface area contributed by atoms with Crippen LogP contribution in [0.1, 0.15) is 11.5 Å². The molecule has 0 aliphatic heterocycles. The van der Waals surface area contributed by atoms with Crippen molar-refractivity contribution < 1.29 is 13.6 Å². The first-order valence-corrected chi connectivity index (χ1v) is 7.02. The molecule has 0 saturated heterocycles. The third kappa shape index (κ3) is 3.65. The average molecular weight is 355 g/mol. The summed E-state index contributed by atoms with van der Waals surface area (Å²) in [5, 5.41) is 2.45. The van der Waals surface area contributed by atoms with E-state index in [-0.39, 0.29) is 16.7 Å². The van der Waals surface area contributed by atoms with Crippen molar-refractivity contribution in [1.29, 1.82) is 0 Å². The summed E-state index contributed by atoms with van der Waals surface area (Å²) in [4.78, 5) is 12.3. The van der Waals surface area contributed by atoms with E-state index in [2.05, 4.69) is 21.2 Å². The van der Waals surface area contributed by atoms with Crippen molar-refractivity contribution in [3.8, 4) is 0 Å². The molecule has 3 nitrogen and oxygen atoms in total. The molecule has 0 aromatic heterocycles. The molecule has 1 amide bonds. The Morgan fingerprint density at radius 2 is 1.90 bits per heavy atom. The second-order valence-corrected chi connectivity index (χ2v) is 5.29. The Morgan fingerprint density at radius 3 is 2.48 bits per heavy atom. The molecule has 0 radical (unpaired) electrons. The maximum atomic E-state index is 13.7. The SMILES string of the molecule is NCC(C(=O)Nc1c(F)cc(F)cc1Br)c1ccccc1. The number of nitrogens with two attached hydrogens (primary N) is 1. The van der Waals surface area contributed by atoms with E-state index in [9.17, 15) is 13.6 Å². The monoisotopic (exact) mass is 354 g/mol. The second kappa shape index (κ2) is 6.78. The highest BCUT2D eigenvalue weighted by atomic mass is 79.9. The first-order chi connectivity index (χ1) is 10.0. The molecular weight excluding hydrogens is 342 g/mol. The number of benzene rings is 2. The van der Waals surface area contributed by atoms with Crippen LogP contribution >= 0.6 is 15.9 Å². The van der Waals surface area contributed by atoms with Gasteiger partial charge in [-0.2, -0.15) is 0 Å². The predicted octanol–water partition coefficient (Wildman–Crippen LogP) is 3.41. The maximum absolute atomic E-state index is 13.7. The van der Waals surface area contributed by atoms with Gasteiger partial charge in [0.1, 0.15) is 5.82 Å². The van der Waals surface area contributed by atoms with Crippen molar-refractivity contribution in [1.82, 2.24) is 0 Å². The van der Waals surface area contributed by atoms with Crippen molar-refractivity contribution >= 4 is 27.5 Å². The molecular formula is C15H13BrF2N2O. The summed E-state index contributed by atoms with van der Waals surface area (Å²) >= 11 is 3.03. The van der Waals surface area contributed by atoms with Gasteiger partial charge in [-0.05, 0) is 27.6 Å². The van der Waals surface area contributed by atoms with Gasteiger partial charge in [-0.25, -0.2) is 8.78 Å². The molecule has 2 aromatic rings.